The van der Waals surface area contributed by atoms with Gasteiger partial charge in [0.05, 0.1) is 10.6 Å². The van der Waals surface area contributed by atoms with E-state index < -0.39 is 0 Å². The molecule has 18 heavy (non-hydrogen) atoms. The fourth-order valence-corrected chi connectivity index (χ4v) is 2.88. The minimum atomic E-state index is 0.00139. The molecule has 0 aromatic heterocycles. The maximum atomic E-state index is 12.5. The number of hydrogen-bond donors (Lipinski definition) is 1. The number of benzene rings is 1. The number of carbonyl (C=O) groups excluding carboxylic acids is 1. The van der Waals surface area contributed by atoms with Crippen LogP contribution in [0.1, 0.15) is 24.2 Å². The second-order valence-corrected chi connectivity index (χ2v) is 6.13. The van der Waals surface area contributed by atoms with Gasteiger partial charge in [-0.2, -0.15) is 0 Å². The lowest BCUT2D eigenvalue weighted by molar-refractivity contribution is 0.0674. The van der Waals surface area contributed by atoms with Crippen molar-refractivity contribution >= 4 is 33.4 Å². The van der Waals surface area contributed by atoms with Crippen LogP contribution in [0.2, 0.25) is 5.02 Å². The molecule has 0 saturated carbocycles. The third kappa shape index (κ3) is 3.05. The number of nitrogens with one attached hydrogen (secondary N) is 1. The predicted molar refractivity (Wildman–Crippen MR) is 77.1 cm³/mol. The summed E-state index contributed by atoms with van der Waals surface area (Å²) in [6.45, 7) is 5.59. The van der Waals surface area contributed by atoms with Crippen LogP contribution in [-0.4, -0.2) is 36.0 Å². The quantitative estimate of drug-likeness (QED) is 0.858. The Morgan fingerprint density at radius 2 is 2.00 bits per heavy atom. The first-order valence-electron chi connectivity index (χ1n) is 5.97. The van der Waals surface area contributed by atoms with Crippen LogP contribution in [0.15, 0.2) is 22.7 Å². The van der Waals surface area contributed by atoms with Crippen molar-refractivity contribution in [3.63, 3.8) is 0 Å². The van der Waals surface area contributed by atoms with Crippen molar-refractivity contribution < 1.29 is 4.79 Å². The van der Waals surface area contributed by atoms with Gasteiger partial charge in [-0.3, -0.25) is 4.79 Å². The van der Waals surface area contributed by atoms with Gasteiger partial charge in [-0.1, -0.05) is 27.5 Å². The molecule has 1 saturated heterocycles. The maximum absolute atomic E-state index is 12.5. The van der Waals surface area contributed by atoms with Gasteiger partial charge in [-0.05, 0) is 32.0 Å². The molecule has 0 spiro atoms. The van der Waals surface area contributed by atoms with Crippen LogP contribution in [0.3, 0.4) is 0 Å². The van der Waals surface area contributed by atoms with Crippen LogP contribution in [0, 0.1) is 0 Å². The molecule has 0 radical (unpaired) electrons. The summed E-state index contributed by atoms with van der Waals surface area (Å²) in [5.74, 6) is 0.00139. The summed E-state index contributed by atoms with van der Waals surface area (Å²) in [5.41, 5.74) is 0.562. The number of hydrogen-bond acceptors (Lipinski definition) is 2. The Morgan fingerprint density at radius 1 is 1.39 bits per heavy atom. The van der Waals surface area contributed by atoms with Gasteiger partial charge >= 0.3 is 0 Å². The van der Waals surface area contributed by atoms with Gasteiger partial charge < -0.3 is 10.2 Å². The normalized spacial score (nSPS) is 24.1. The highest BCUT2D eigenvalue weighted by atomic mass is 79.9. The van der Waals surface area contributed by atoms with Gasteiger partial charge in [0.1, 0.15) is 0 Å². The smallest absolute Gasteiger partial charge is 0.255 e. The zero-order chi connectivity index (χ0) is 13.3. The van der Waals surface area contributed by atoms with Crippen LogP contribution < -0.4 is 5.32 Å². The number of amides is 1. The fourth-order valence-electron chi connectivity index (χ4n) is 2.32. The van der Waals surface area contributed by atoms with E-state index in [1.54, 1.807) is 12.1 Å². The highest BCUT2D eigenvalue weighted by Gasteiger charge is 2.26. The first kappa shape index (κ1) is 13.8. The lowest BCUT2D eigenvalue weighted by Crippen LogP contribution is -2.55. The van der Waals surface area contributed by atoms with Gasteiger partial charge in [0, 0.05) is 29.6 Å². The Kier molecular flexibility index (Phi) is 4.30. The van der Waals surface area contributed by atoms with E-state index in [2.05, 4.69) is 35.1 Å². The van der Waals surface area contributed by atoms with Crippen molar-refractivity contribution in [3.05, 3.63) is 33.3 Å². The summed E-state index contributed by atoms with van der Waals surface area (Å²) in [5, 5.41) is 3.91. The molecule has 2 atom stereocenters. The van der Waals surface area contributed by atoms with Crippen LogP contribution >= 0.6 is 27.5 Å². The SMILES string of the molecule is CC1CN(C(=O)c2cc(Br)ccc2Cl)CC(C)N1. The molecule has 1 N–H and O–H groups in total. The highest BCUT2D eigenvalue weighted by Crippen LogP contribution is 2.23. The van der Waals surface area contributed by atoms with Crippen molar-refractivity contribution in [1.82, 2.24) is 10.2 Å². The standard InChI is InChI=1S/C13H16BrClN2O/c1-8-6-17(7-9(2)16-8)13(18)11-5-10(14)3-4-12(11)15/h3-5,8-9,16H,6-7H2,1-2H3. The van der Waals surface area contributed by atoms with Gasteiger partial charge in [-0.25, -0.2) is 0 Å². The Hall–Kier alpha value is -0.580. The Labute approximate surface area is 121 Å². The van der Waals surface area contributed by atoms with Crippen molar-refractivity contribution in [1.29, 1.82) is 0 Å². The minimum absolute atomic E-state index is 0.00139. The van der Waals surface area contributed by atoms with E-state index in [-0.39, 0.29) is 5.91 Å². The predicted octanol–water partition coefficient (Wildman–Crippen LogP) is 2.92. The molecule has 1 heterocycles. The second kappa shape index (κ2) is 5.59. The Balaban J connectivity index is 2.22. The van der Waals surface area contributed by atoms with Crippen LogP contribution in [-0.2, 0) is 0 Å². The van der Waals surface area contributed by atoms with Crippen LogP contribution in [0.5, 0.6) is 0 Å². The maximum Gasteiger partial charge on any atom is 0.255 e. The van der Waals surface area contributed by atoms with E-state index in [4.69, 9.17) is 11.6 Å². The molecule has 1 amide bonds. The van der Waals surface area contributed by atoms with E-state index in [1.807, 2.05) is 11.0 Å². The minimum Gasteiger partial charge on any atom is -0.335 e. The first-order chi connectivity index (χ1) is 8.47. The van der Waals surface area contributed by atoms with Crippen molar-refractivity contribution in [2.45, 2.75) is 25.9 Å². The van der Waals surface area contributed by atoms with E-state index >= 15 is 0 Å². The summed E-state index contributed by atoms with van der Waals surface area (Å²) in [4.78, 5) is 14.3. The molecule has 1 fully saturated rings. The lowest BCUT2D eigenvalue weighted by atomic mass is 10.1. The topological polar surface area (TPSA) is 32.3 Å². The lowest BCUT2D eigenvalue weighted by Gasteiger charge is -2.36. The average Bonchev–Trinajstić information content (AvgIpc) is 2.30. The molecule has 0 bridgehead atoms. The van der Waals surface area contributed by atoms with Crippen LogP contribution in [0.4, 0.5) is 0 Å². The van der Waals surface area contributed by atoms with Gasteiger partial charge in [0.15, 0.2) is 0 Å². The molecule has 5 heteroatoms. The molecule has 98 valence electrons. The Morgan fingerprint density at radius 3 is 2.61 bits per heavy atom. The van der Waals surface area contributed by atoms with Crippen molar-refractivity contribution in [2.75, 3.05) is 13.1 Å². The average molecular weight is 332 g/mol. The number of carbonyl (C=O) groups is 1. The molecule has 3 nitrogen and oxygen atoms in total. The van der Waals surface area contributed by atoms with E-state index in [0.717, 1.165) is 4.47 Å². The zero-order valence-corrected chi connectivity index (χ0v) is 12.8. The summed E-state index contributed by atoms with van der Waals surface area (Å²) < 4.78 is 0.867. The molecular weight excluding hydrogens is 316 g/mol. The molecule has 1 aliphatic heterocycles. The fraction of sp³-hybridized carbons (Fsp3) is 0.462. The van der Waals surface area contributed by atoms with E-state index in [1.165, 1.54) is 0 Å². The molecular formula is C13H16BrClN2O. The highest BCUT2D eigenvalue weighted by molar-refractivity contribution is 9.10. The van der Waals surface area contributed by atoms with Crippen molar-refractivity contribution in [3.8, 4) is 0 Å². The number of rotatable bonds is 1. The molecule has 1 aliphatic rings. The van der Waals surface area contributed by atoms with Crippen LogP contribution in [0.25, 0.3) is 0 Å². The van der Waals surface area contributed by atoms with E-state index in [9.17, 15) is 4.79 Å². The van der Waals surface area contributed by atoms with E-state index in [0.29, 0.717) is 35.8 Å². The summed E-state index contributed by atoms with van der Waals surface area (Å²) >= 11 is 9.47. The largest absolute Gasteiger partial charge is 0.335 e. The number of piperazine rings is 1. The third-order valence-electron chi connectivity index (χ3n) is 3.00. The molecule has 2 rings (SSSR count). The first-order valence-corrected chi connectivity index (χ1v) is 7.15. The zero-order valence-electron chi connectivity index (χ0n) is 10.4. The van der Waals surface area contributed by atoms with Gasteiger partial charge in [-0.15, -0.1) is 0 Å². The second-order valence-electron chi connectivity index (χ2n) is 4.80. The summed E-state index contributed by atoms with van der Waals surface area (Å²) in [6, 6.07) is 5.98. The number of halogens is 2. The summed E-state index contributed by atoms with van der Waals surface area (Å²) in [7, 11) is 0. The molecule has 1 aromatic rings. The Bertz CT molecular complexity index is 456. The van der Waals surface area contributed by atoms with Gasteiger partial charge in [0.25, 0.3) is 5.91 Å². The van der Waals surface area contributed by atoms with Crippen molar-refractivity contribution in [2.24, 2.45) is 0 Å². The number of nitrogens with zero attached hydrogens (tertiary/aromatic N) is 1. The third-order valence-corrected chi connectivity index (χ3v) is 3.83. The molecule has 0 aliphatic carbocycles. The molecule has 2 unspecified atom stereocenters. The molecule has 1 aromatic carbocycles. The van der Waals surface area contributed by atoms with Gasteiger partial charge in [0.2, 0.25) is 0 Å². The monoisotopic (exact) mass is 330 g/mol. The summed E-state index contributed by atoms with van der Waals surface area (Å²) in [6.07, 6.45) is 0.